The smallest absolute Gasteiger partial charge is 0.325 e. The van der Waals surface area contributed by atoms with Gasteiger partial charge in [-0.2, -0.15) is 0 Å². The number of nitrogens with zero attached hydrogens (tertiary/aromatic N) is 1. The van der Waals surface area contributed by atoms with Crippen molar-refractivity contribution in [2.75, 3.05) is 26.2 Å². The molecule has 1 saturated heterocycles. The summed E-state index contributed by atoms with van der Waals surface area (Å²) in [6, 6.07) is 13.0. The summed E-state index contributed by atoms with van der Waals surface area (Å²) < 4.78 is 30.8. The van der Waals surface area contributed by atoms with Gasteiger partial charge in [-0.1, -0.05) is 34.5 Å². The Labute approximate surface area is 192 Å². The van der Waals surface area contributed by atoms with Gasteiger partial charge in [0, 0.05) is 17.4 Å². The summed E-state index contributed by atoms with van der Waals surface area (Å²) in [6.45, 7) is 4.95. The van der Waals surface area contributed by atoms with Crippen molar-refractivity contribution in [1.82, 2.24) is 4.90 Å². The van der Waals surface area contributed by atoms with Gasteiger partial charge in [0.25, 0.3) is 0 Å². The number of halogens is 1. The molecule has 1 unspecified atom stereocenters. The van der Waals surface area contributed by atoms with E-state index in [0.717, 1.165) is 24.1 Å². The number of rotatable bonds is 9. The van der Waals surface area contributed by atoms with Crippen molar-refractivity contribution in [2.45, 2.75) is 42.2 Å². The maximum Gasteiger partial charge on any atom is 0.325 e. The van der Waals surface area contributed by atoms with Crippen LogP contribution in [0.15, 0.2) is 57.9 Å². The van der Waals surface area contributed by atoms with Gasteiger partial charge in [-0.15, -0.1) is 0 Å². The summed E-state index contributed by atoms with van der Waals surface area (Å²) in [4.78, 5) is 14.4. The molecule has 8 heteroatoms. The predicted molar refractivity (Wildman–Crippen MR) is 123 cm³/mol. The lowest BCUT2D eigenvalue weighted by Crippen LogP contribution is -2.45. The van der Waals surface area contributed by atoms with E-state index in [9.17, 15) is 18.3 Å². The second kappa shape index (κ2) is 10.1. The zero-order valence-corrected chi connectivity index (χ0v) is 20.0. The van der Waals surface area contributed by atoms with Gasteiger partial charge in [-0.3, -0.25) is 9.69 Å². The zero-order valence-electron chi connectivity index (χ0n) is 17.6. The lowest BCUT2D eigenvalue weighted by atomic mass is 10.0. The van der Waals surface area contributed by atoms with Crippen LogP contribution in [0.25, 0.3) is 0 Å². The number of hydrogen-bond acceptors (Lipinski definition) is 5. The van der Waals surface area contributed by atoms with Crippen molar-refractivity contribution in [3.8, 4) is 5.75 Å². The highest BCUT2D eigenvalue weighted by Crippen LogP contribution is 2.31. The van der Waals surface area contributed by atoms with Crippen LogP contribution in [0.3, 0.4) is 0 Å². The molecule has 1 fully saturated rings. The topological polar surface area (TPSA) is 83.9 Å². The first kappa shape index (κ1) is 23.8. The molecular formula is C23H28BrNO5S. The quantitative estimate of drug-likeness (QED) is 0.545. The Morgan fingerprint density at radius 1 is 1.06 bits per heavy atom. The van der Waals surface area contributed by atoms with Crippen LogP contribution in [0.2, 0.25) is 0 Å². The third-order valence-corrected chi connectivity index (χ3v) is 8.69. The van der Waals surface area contributed by atoms with Crippen LogP contribution in [0.5, 0.6) is 5.75 Å². The summed E-state index contributed by atoms with van der Waals surface area (Å²) in [5, 5.41) is 9.82. The van der Waals surface area contributed by atoms with Crippen molar-refractivity contribution >= 4 is 31.7 Å². The summed E-state index contributed by atoms with van der Waals surface area (Å²) >= 11 is 3.27. The third-order valence-electron chi connectivity index (χ3n) is 5.76. The lowest BCUT2D eigenvalue weighted by Gasteiger charge is -2.26. The fourth-order valence-electron chi connectivity index (χ4n) is 3.73. The maximum atomic E-state index is 13.1. The van der Waals surface area contributed by atoms with Crippen LogP contribution in [0.4, 0.5) is 0 Å². The Balaban J connectivity index is 1.68. The number of carboxylic acid groups (broad SMARTS) is 1. The molecule has 1 aliphatic rings. The zero-order chi connectivity index (χ0) is 22.5. The first-order chi connectivity index (χ1) is 14.7. The fourth-order valence-corrected chi connectivity index (χ4v) is 5.59. The molecule has 3 rings (SSSR count). The standard InChI is InChI=1S/C23H28BrNO5S/c1-23(22(26)27,31(28,29)21-11-7-19(24)8-12-21)17-18-5-9-20(10-6-18)30-16-15-25-13-3-2-4-14-25/h5-12H,2-4,13-17H2,1H3,(H,26,27). The number of hydrogen-bond donors (Lipinski definition) is 1. The molecule has 2 aromatic carbocycles. The molecule has 0 amide bonds. The van der Waals surface area contributed by atoms with E-state index in [1.54, 1.807) is 36.4 Å². The molecule has 1 atom stereocenters. The first-order valence-electron chi connectivity index (χ1n) is 10.4. The van der Waals surface area contributed by atoms with Crippen LogP contribution in [-0.2, 0) is 21.1 Å². The molecule has 0 spiro atoms. The minimum atomic E-state index is -4.11. The van der Waals surface area contributed by atoms with Gasteiger partial charge in [0.15, 0.2) is 14.6 Å². The Hall–Kier alpha value is -1.90. The number of carbonyl (C=O) groups is 1. The fraction of sp³-hybridized carbons (Fsp3) is 0.435. The van der Waals surface area contributed by atoms with E-state index < -0.39 is 20.6 Å². The number of aliphatic carboxylic acids is 1. The average molecular weight is 510 g/mol. The lowest BCUT2D eigenvalue weighted by molar-refractivity contribution is -0.139. The monoisotopic (exact) mass is 509 g/mol. The highest BCUT2D eigenvalue weighted by Gasteiger charge is 2.47. The SMILES string of the molecule is CC(Cc1ccc(OCCN2CCCCC2)cc1)(C(=O)O)S(=O)(=O)c1ccc(Br)cc1. The second-order valence-electron chi connectivity index (χ2n) is 8.06. The largest absolute Gasteiger partial charge is 0.492 e. The van der Waals surface area contributed by atoms with Crippen LogP contribution in [0.1, 0.15) is 31.7 Å². The molecule has 1 aliphatic heterocycles. The number of carboxylic acids is 1. The number of likely N-dealkylation sites (tertiary alicyclic amines) is 1. The van der Waals surface area contributed by atoms with E-state index in [2.05, 4.69) is 20.8 Å². The number of piperidine rings is 1. The molecule has 31 heavy (non-hydrogen) atoms. The van der Waals surface area contributed by atoms with Gasteiger partial charge in [0.2, 0.25) is 0 Å². The highest BCUT2D eigenvalue weighted by molar-refractivity contribution is 9.10. The first-order valence-corrected chi connectivity index (χ1v) is 12.7. The van der Waals surface area contributed by atoms with E-state index in [0.29, 0.717) is 17.9 Å². The molecule has 0 radical (unpaired) electrons. The number of sulfone groups is 1. The molecule has 0 aromatic heterocycles. The molecule has 0 bridgehead atoms. The summed E-state index contributed by atoms with van der Waals surface area (Å²) in [6.07, 6.45) is 3.63. The second-order valence-corrected chi connectivity index (χ2v) is 11.4. The van der Waals surface area contributed by atoms with E-state index in [4.69, 9.17) is 4.74 Å². The van der Waals surface area contributed by atoms with Gasteiger partial charge >= 0.3 is 5.97 Å². The van der Waals surface area contributed by atoms with Crippen molar-refractivity contribution in [2.24, 2.45) is 0 Å². The molecule has 1 heterocycles. The summed E-state index contributed by atoms with van der Waals surface area (Å²) in [5.74, 6) is -0.689. The molecule has 1 N–H and O–H groups in total. The normalized spacial score (nSPS) is 17.1. The molecule has 6 nitrogen and oxygen atoms in total. The molecular weight excluding hydrogens is 482 g/mol. The highest BCUT2D eigenvalue weighted by atomic mass is 79.9. The van der Waals surface area contributed by atoms with Gasteiger partial charge < -0.3 is 9.84 Å². The van der Waals surface area contributed by atoms with E-state index in [-0.39, 0.29) is 11.3 Å². The van der Waals surface area contributed by atoms with Gasteiger partial charge in [0.05, 0.1) is 4.90 Å². The Morgan fingerprint density at radius 2 is 1.68 bits per heavy atom. The van der Waals surface area contributed by atoms with E-state index >= 15 is 0 Å². The van der Waals surface area contributed by atoms with Gasteiger partial charge in [-0.25, -0.2) is 8.42 Å². The van der Waals surface area contributed by atoms with Gasteiger partial charge in [0.1, 0.15) is 12.4 Å². The Kier molecular flexibility index (Phi) is 7.78. The van der Waals surface area contributed by atoms with Crippen LogP contribution in [-0.4, -0.2) is 55.4 Å². The Bertz CT molecular complexity index is 986. The van der Waals surface area contributed by atoms with E-state index in [1.807, 2.05) is 0 Å². The van der Waals surface area contributed by atoms with Crippen molar-refractivity contribution in [3.63, 3.8) is 0 Å². The van der Waals surface area contributed by atoms with Crippen LogP contribution < -0.4 is 4.74 Å². The summed E-state index contributed by atoms with van der Waals surface area (Å²) in [7, 11) is -4.11. The average Bonchev–Trinajstić information content (AvgIpc) is 2.76. The van der Waals surface area contributed by atoms with Crippen molar-refractivity contribution in [1.29, 1.82) is 0 Å². The molecule has 168 valence electrons. The molecule has 0 saturated carbocycles. The maximum absolute atomic E-state index is 13.1. The third kappa shape index (κ3) is 5.67. The predicted octanol–water partition coefficient (Wildman–Crippen LogP) is 4.17. The van der Waals surface area contributed by atoms with Gasteiger partial charge in [-0.05, 0) is 74.8 Å². The van der Waals surface area contributed by atoms with E-state index in [1.165, 1.54) is 38.3 Å². The minimum Gasteiger partial charge on any atom is -0.492 e. The summed E-state index contributed by atoms with van der Waals surface area (Å²) in [5.41, 5.74) is 0.619. The molecule has 0 aliphatic carbocycles. The van der Waals surface area contributed by atoms with Crippen LogP contribution in [0, 0.1) is 0 Å². The van der Waals surface area contributed by atoms with Crippen molar-refractivity contribution < 1.29 is 23.1 Å². The number of ether oxygens (including phenoxy) is 1. The molecule has 2 aromatic rings. The van der Waals surface area contributed by atoms with Crippen LogP contribution >= 0.6 is 15.9 Å². The Morgan fingerprint density at radius 3 is 2.26 bits per heavy atom. The minimum absolute atomic E-state index is 0.0155. The van der Waals surface area contributed by atoms with Crippen molar-refractivity contribution in [3.05, 3.63) is 58.6 Å². The number of benzene rings is 2.